The smallest absolute Gasteiger partial charge is 0.0594 e. The van der Waals surface area contributed by atoms with Gasteiger partial charge >= 0.3 is 0 Å². The zero-order valence-electron chi connectivity index (χ0n) is 66.6. The molecule has 0 spiro atoms. The first kappa shape index (κ1) is 71.9. The molecule has 0 aliphatic heterocycles. The summed E-state index contributed by atoms with van der Waals surface area (Å²) >= 11 is 0. The highest BCUT2D eigenvalue weighted by molar-refractivity contribution is 5.36. The van der Waals surface area contributed by atoms with E-state index in [2.05, 4.69) is 198 Å². The summed E-state index contributed by atoms with van der Waals surface area (Å²) in [4.78, 5) is 0. The van der Waals surface area contributed by atoms with E-state index in [0.29, 0.717) is 87.6 Å². The minimum atomic E-state index is -0.128. The van der Waals surface area contributed by atoms with E-state index in [1.165, 1.54) is 167 Å². The van der Waals surface area contributed by atoms with Crippen molar-refractivity contribution in [1.29, 1.82) is 0 Å². The highest BCUT2D eigenvalue weighted by Crippen LogP contribution is 2.79. The SMILES string of the molecule is C/C=C1/[C@@H]2CC(C)(C)CC[C@]2(C)CC[C@@]1(C)[C@]1(C)CCC2C(C)(C)[C@@H](O)CC[C@]2(C)C1.C[C@H]1[C@H](C)CC[C@]2(C)CC[C@]3(C)C(=CCC4[C@@]5(C)CC[C@H](C)C(C)(C)C5CC[C@]43C)[C@H]12.C[C@H]1[C@H](C)CC[C@]2(C)CC[C@]3(C)C(=CC[C@@H]4[C@@]5(C)CC[C@H](O)C(C)(C)C5CC[C@]43C)[C@H]12. The fourth-order valence-electron chi connectivity index (χ4n) is 31.6. The molecular weight excluding hydrogens is 1120 g/mol. The van der Waals surface area contributed by atoms with Crippen molar-refractivity contribution in [3.05, 3.63) is 34.9 Å². The van der Waals surface area contributed by atoms with E-state index in [9.17, 15) is 10.2 Å². The quantitative estimate of drug-likeness (QED) is 0.257. The molecule has 12 saturated carbocycles. The number of allylic oxidation sites excluding steroid dienone is 6. The molecule has 14 rings (SSSR count). The van der Waals surface area contributed by atoms with Gasteiger partial charge in [0.1, 0.15) is 0 Å². The molecule has 2 nitrogen and oxygen atoms in total. The Morgan fingerprint density at radius 2 is 0.785 bits per heavy atom. The van der Waals surface area contributed by atoms with Gasteiger partial charge in [0.15, 0.2) is 0 Å². The van der Waals surface area contributed by atoms with E-state index in [1.54, 1.807) is 0 Å². The summed E-state index contributed by atoms with van der Waals surface area (Å²) in [6.45, 7) is 66.9. The van der Waals surface area contributed by atoms with Crippen molar-refractivity contribution >= 4 is 0 Å². The molecule has 0 bridgehead atoms. The molecule has 0 aromatic heterocycles. The van der Waals surface area contributed by atoms with Crippen LogP contribution in [0.4, 0.5) is 0 Å². The number of aliphatic hydroxyl groups excluding tert-OH is 2. The average Bonchev–Trinajstić information content (AvgIpc) is 0.687. The van der Waals surface area contributed by atoms with E-state index in [4.69, 9.17) is 0 Å². The van der Waals surface area contributed by atoms with Gasteiger partial charge in [0.2, 0.25) is 0 Å². The van der Waals surface area contributed by atoms with Crippen LogP contribution in [0.3, 0.4) is 0 Å². The molecule has 2 N–H and O–H groups in total. The molecule has 0 aromatic carbocycles. The van der Waals surface area contributed by atoms with Crippen molar-refractivity contribution in [1.82, 2.24) is 0 Å². The van der Waals surface area contributed by atoms with Crippen LogP contribution in [0, 0.1) is 164 Å². The Morgan fingerprint density at radius 1 is 0.376 bits per heavy atom. The Kier molecular flexibility index (Phi) is 17.7. The largest absolute Gasteiger partial charge is 0.393 e. The normalized spacial score (nSPS) is 56.5. The van der Waals surface area contributed by atoms with Crippen molar-refractivity contribution in [2.24, 2.45) is 164 Å². The predicted molar refractivity (Wildman–Crippen MR) is 397 cm³/mol. The van der Waals surface area contributed by atoms with E-state index in [-0.39, 0.29) is 23.0 Å². The van der Waals surface area contributed by atoms with Gasteiger partial charge in [-0.05, 0) is 350 Å². The lowest BCUT2D eigenvalue weighted by Gasteiger charge is -2.71. The van der Waals surface area contributed by atoms with Crippen LogP contribution >= 0.6 is 0 Å². The van der Waals surface area contributed by atoms with Gasteiger partial charge in [-0.3, -0.25) is 0 Å². The maximum absolute atomic E-state index is 10.9. The number of rotatable bonds is 1. The monoisotopic (exact) mass is 1280 g/mol. The molecule has 93 heavy (non-hydrogen) atoms. The van der Waals surface area contributed by atoms with Crippen molar-refractivity contribution in [2.75, 3.05) is 0 Å². The van der Waals surface area contributed by atoms with E-state index < -0.39 is 0 Å². The lowest BCUT2D eigenvalue weighted by molar-refractivity contribution is -0.203. The Labute approximate surface area is 577 Å². The molecule has 14 aliphatic carbocycles. The minimum absolute atomic E-state index is 0.0528. The zero-order valence-corrected chi connectivity index (χ0v) is 66.6. The maximum atomic E-state index is 10.9. The second-order valence-electron chi connectivity index (χ2n) is 44.7. The van der Waals surface area contributed by atoms with Crippen LogP contribution in [0.5, 0.6) is 0 Å². The number of fused-ring (bicyclic) bond motifs is 16. The first-order chi connectivity index (χ1) is 42.7. The first-order valence-corrected chi connectivity index (χ1v) is 41.2. The van der Waals surface area contributed by atoms with Gasteiger partial charge in [-0.2, -0.15) is 0 Å². The third-order valence-electron chi connectivity index (χ3n) is 39.5. The van der Waals surface area contributed by atoms with Gasteiger partial charge in [-0.15, -0.1) is 0 Å². The molecule has 0 aromatic rings. The molecule has 0 amide bonds. The van der Waals surface area contributed by atoms with E-state index in [1.807, 2.05) is 16.7 Å². The summed E-state index contributed by atoms with van der Waals surface area (Å²) in [5.41, 5.74) is 11.9. The lowest BCUT2D eigenvalue weighted by Crippen LogP contribution is -2.64. The highest BCUT2D eigenvalue weighted by Gasteiger charge is 2.71. The number of hydrogen-bond acceptors (Lipinski definition) is 2. The molecule has 0 saturated heterocycles. The second kappa shape index (κ2) is 22.8. The lowest BCUT2D eigenvalue weighted by atomic mass is 9.33. The molecule has 0 radical (unpaired) electrons. The van der Waals surface area contributed by atoms with Crippen molar-refractivity contribution < 1.29 is 10.2 Å². The fraction of sp³-hybridized carbons (Fsp3) is 0.934. The summed E-state index contributed by atoms with van der Waals surface area (Å²) in [5, 5.41) is 21.7. The molecular formula is C91H154O2. The molecule has 14 aliphatic rings. The topological polar surface area (TPSA) is 40.5 Å². The standard InChI is InChI=1S/C31H52.C30H50O.C30H52O/c1-20-12-15-28(6)18-19-30(8)23(26(28)22(20)3)10-11-25-29(7)16-13-21(2)27(4,5)24(29)14-17-31(25,30)9;1-19-11-14-27(5)17-18-29(7)21(25(27)20(19)2)9-10-23-28(6)15-13-24(31)26(3,4)22(28)12-16-30(23,29)8;1-10-21-22-19-25(2,3)15-16-27(22,6)17-18-30(21,9)29(8)14-11-23-26(4,5)24(31)12-13-28(23,7)20-29/h10,20-22,24-26H,11-19H2,1-9H3;9,19-20,22-25,31H,10-18H2,1-8H3;10,22-24,31H,11-20H2,1-9H3/b;;21-10-/t20-,21+,22+,24?,25?,26+,28-,29+,30-,31-;19-,20+,22?,23-,24+,25+,27-,28+,29-,30-;22-,23?,24-,27+,28+,29+,30+/m110/s1. The second-order valence-corrected chi connectivity index (χ2v) is 44.7. The predicted octanol–water partition coefficient (Wildman–Crippen LogP) is 25.9. The summed E-state index contributed by atoms with van der Waals surface area (Å²) < 4.78 is 0. The Hall–Kier alpha value is -0.860. The van der Waals surface area contributed by atoms with Crippen LogP contribution in [0.1, 0.15) is 360 Å². The number of hydrogen-bond donors (Lipinski definition) is 2. The Morgan fingerprint density at radius 3 is 1.28 bits per heavy atom. The van der Waals surface area contributed by atoms with Crippen LogP contribution in [-0.2, 0) is 0 Å². The maximum Gasteiger partial charge on any atom is 0.0594 e. The molecule has 2 heteroatoms. The molecule has 27 atom stereocenters. The van der Waals surface area contributed by atoms with Gasteiger partial charge < -0.3 is 10.2 Å². The van der Waals surface area contributed by atoms with Crippen molar-refractivity contribution in [3.8, 4) is 0 Å². The van der Waals surface area contributed by atoms with E-state index in [0.717, 1.165) is 77.9 Å². The van der Waals surface area contributed by atoms with Crippen LogP contribution in [0.15, 0.2) is 34.9 Å². The molecule has 0 heterocycles. The van der Waals surface area contributed by atoms with Gasteiger partial charge in [-0.1, -0.05) is 208 Å². The Balaban J connectivity index is 0.000000134. The van der Waals surface area contributed by atoms with Gasteiger partial charge in [0.05, 0.1) is 12.2 Å². The fourth-order valence-corrected chi connectivity index (χ4v) is 31.6. The summed E-state index contributed by atoms with van der Waals surface area (Å²) in [6.07, 6.45) is 45.9. The number of aliphatic hydroxyl groups is 2. The van der Waals surface area contributed by atoms with Crippen LogP contribution in [-0.4, -0.2) is 22.4 Å². The van der Waals surface area contributed by atoms with Crippen LogP contribution in [0.2, 0.25) is 0 Å². The van der Waals surface area contributed by atoms with Crippen LogP contribution < -0.4 is 0 Å². The van der Waals surface area contributed by atoms with Gasteiger partial charge in [0.25, 0.3) is 0 Å². The zero-order chi connectivity index (χ0) is 68.3. The van der Waals surface area contributed by atoms with E-state index >= 15 is 0 Å². The highest BCUT2D eigenvalue weighted by atomic mass is 16.3. The Bertz CT molecular complexity index is 2780. The van der Waals surface area contributed by atoms with Crippen LogP contribution in [0.25, 0.3) is 0 Å². The molecule has 4 unspecified atom stereocenters. The van der Waals surface area contributed by atoms with Gasteiger partial charge in [-0.25, -0.2) is 0 Å². The third-order valence-corrected chi connectivity index (χ3v) is 39.5. The average molecular weight is 1280 g/mol. The van der Waals surface area contributed by atoms with Crippen molar-refractivity contribution in [2.45, 2.75) is 372 Å². The summed E-state index contributed by atoms with van der Waals surface area (Å²) in [6, 6.07) is 0. The van der Waals surface area contributed by atoms with Gasteiger partial charge in [0, 0.05) is 0 Å². The summed E-state index contributed by atoms with van der Waals surface area (Å²) in [7, 11) is 0. The van der Waals surface area contributed by atoms with Crippen molar-refractivity contribution in [3.63, 3.8) is 0 Å². The minimum Gasteiger partial charge on any atom is -0.393 e. The molecule has 530 valence electrons. The summed E-state index contributed by atoms with van der Waals surface area (Å²) in [5.74, 6) is 10.5. The first-order valence-electron chi connectivity index (χ1n) is 41.2. The molecule has 12 fully saturated rings. The third kappa shape index (κ3) is 10.1.